The second-order valence-electron chi connectivity index (χ2n) is 2.75. The average Bonchev–Trinajstić information content (AvgIpc) is 2.40. The number of nitrogens with zero attached hydrogens (tertiary/aromatic N) is 3. The van der Waals surface area contributed by atoms with Gasteiger partial charge in [-0.15, -0.1) is 0 Å². The molecular weight excluding hydrogens is 150 g/mol. The van der Waals surface area contributed by atoms with E-state index in [4.69, 9.17) is 0 Å². The van der Waals surface area contributed by atoms with Gasteiger partial charge in [-0.1, -0.05) is 0 Å². The van der Waals surface area contributed by atoms with Crippen LogP contribution in [-0.2, 0) is 6.54 Å². The smallest absolute Gasteiger partial charge is 0.159 e. The summed E-state index contributed by atoms with van der Waals surface area (Å²) in [6.45, 7) is 5.04. The van der Waals surface area contributed by atoms with E-state index in [1.54, 1.807) is 6.20 Å². The van der Waals surface area contributed by atoms with Crippen LogP contribution in [-0.4, -0.2) is 14.5 Å². The van der Waals surface area contributed by atoms with Crippen LogP contribution >= 0.6 is 0 Å². The maximum atomic E-state index is 4.38. The first-order valence-electron chi connectivity index (χ1n) is 4.10. The second-order valence-corrected chi connectivity index (χ2v) is 2.75. The molecule has 2 aromatic heterocycles. The van der Waals surface area contributed by atoms with E-state index in [0.29, 0.717) is 0 Å². The molecule has 0 aliphatic carbocycles. The third-order valence-corrected chi connectivity index (χ3v) is 2.01. The minimum atomic E-state index is 0.930. The molecule has 0 spiro atoms. The molecule has 12 heavy (non-hydrogen) atoms. The molecule has 0 bridgehead atoms. The van der Waals surface area contributed by atoms with Crippen molar-refractivity contribution in [3.05, 3.63) is 24.2 Å². The Morgan fingerprint density at radius 1 is 1.50 bits per heavy atom. The molecule has 0 saturated heterocycles. The van der Waals surface area contributed by atoms with Gasteiger partial charge in [-0.25, -0.2) is 9.97 Å². The van der Waals surface area contributed by atoms with Crippen molar-refractivity contribution in [3.63, 3.8) is 0 Å². The zero-order valence-electron chi connectivity index (χ0n) is 7.28. The van der Waals surface area contributed by atoms with Crippen molar-refractivity contribution in [2.75, 3.05) is 0 Å². The van der Waals surface area contributed by atoms with Crippen molar-refractivity contribution >= 4 is 11.2 Å². The Bertz CT molecular complexity index is 403. The van der Waals surface area contributed by atoms with E-state index in [1.165, 1.54) is 0 Å². The zero-order valence-corrected chi connectivity index (χ0v) is 7.28. The van der Waals surface area contributed by atoms with Crippen molar-refractivity contribution in [1.82, 2.24) is 14.5 Å². The Morgan fingerprint density at radius 3 is 3.08 bits per heavy atom. The molecule has 0 saturated carbocycles. The number of aromatic nitrogens is 3. The summed E-state index contributed by atoms with van der Waals surface area (Å²) in [5, 5.41) is 0. The quantitative estimate of drug-likeness (QED) is 0.638. The Morgan fingerprint density at radius 2 is 2.33 bits per heavy atom. The molecule has 2 aromatic rings. The molecule has 0 aliphatic heterocycles. The highest BCUT2D eigenvalue weighted by molar-refractivity contribution is 5.70. The fraction of sp³-hybridized carbons (Fsp3) is 0.333. The van der Waals surface area contributed by atoms with Gasteiger partial charge in [0.15, 0.2) is 5.65 Å². The standard InChI is InChI=1S/C9H11N3/c1-3-12-7(2)11-8-5-4-6-10-9(8)12/h4-6H,3H2,1-2H3. The van der Waals surface area contributed by atoms with E-state index in [0.717, 1.165) is 23.5 Å². The molecule has 62 valence electrons. The maximum absolute atomic E-state index is 4.38. The predicted octanol–water partition coefficient (Wildman–Crippen LogP) is 1.76. The molecule has 2 rings (SSSR count). The van der Waals surface area contributed by atoms with Gasteiger partial charge in [0.05, 0.1) is 0 Å². The van der Waals surface area contributed by atoms with E-state index in [-0.39, 0.29) is 0 Å². The first-order chi connectivity index (χ1) is 5.83. The van der Waals surface area contributed by atoms with Crippen LogP contribution in [0.3, 0.4) is 0 Å². The normalized spacial score (nSPS) is 10.8. The van der Waals surface area contributed by atoms with Gasteiger partial charge in [0.25, 0.3) is 0 Å². The lowest BCUT2D eigenvalue weighted by Gasteiger charge is -1.98. The average molecular weight is 161 g/mol. The largest absolute Gasteiger partial charge is 0.313 e. The van der Waals surface area contributed by atoms with Crippen molar-refractivity contribution < 1.29 is 0 Å². The lowest BCUT2D eigenvalue weighted by Crippen LogP contribution is -1.97. The van der Waals surface area contributed by atoms with Crippen LogP contribution in [0.25, 0.3) is 11.2 Å². The Hall–Kier alpha value is -1.38. The first-order valence-corrected chi connectivity index (χ1v) is 4.10. The molecular formula is C9H11N3. The Labute approximate surface area is 71.1 Å². The van der Waals surface area contributed by atoms with Crippen molar-refractivity contribution in [1.29, 1.82) is 0 Å². The topological polar surface area (TPSA) is 30.7 Å². The molecule has 0 aliphatic rings. The van der Waals surface area contributed by atoms with E-state index < -0.39 is 0 Å². The number of pyridine rings is 1. The monoisotopic (exact) mass is 161 g/mol. The summed E-state index contributed by atoms with van der Waals surface area (Å²) >= 11 is 0. The number of rotatable bonds is 1. The van der Waals surface area contributed by atoms with Crippen molar-refractivity contribution in [2.45, 2.75) is 20.4 Å². The van der Waals surface area contributed by atoms with E-state index >= 15 is 0 Å². The molecule has 0 N–H and O–H groups in total. The molecule has 0 amide bonds. The highest BCUT2D eigenvalue weighted by atomic mass is 15.1. The summed E-state index contributed by atoms with van der Waals surface area (Å²) < 4.78 is 2.11. The van der Waals surface area contributed by atoms with Crippen LogP contribution < -0.4 is 0 Å². The van der Waals surface area contributed by atoms with Crippen LogP contribution in [0.1, 0.15) is 12.7 Å². The predicted molar refractivity (Wildman–Crippen MR) is 47.9 cm³/mol. The minimum absolute atomic E-state index is 0.930. The molecule has 0 fully saturated rings. The highest BCUT2D eigenvalue weighted by Gasteiger charge is 2.04. The summed E-state index contributed by atoms with van der Waals surface area (Å²) in [5.74, 6) is 1.03. The Kier molecular flexibility index (Phi) is 1.57. The van der Waals surface area contributed by atoms with Gasteiger partial charge in [0.1, 0.15) is 11.3 Å². The summed E-state index contributed by atoms with van der Waals surface area (Å²) in [6, 6.07) is 3.90. The fourth-order valence-corrected chi connectivity index (χ4v) is 1.45. The summed E-state index contributed by atoms with van der Waals surface area (Å²) in [7, 11) is 0. The van der Waals surface area contributed by atoms with Crippen LogP contribution in [0.15, 0.2) is 18.3 Å². The van der Waals surface area contributed by atoms with Gasteiger partial charge in [-0.2, -0.15) is 0 Å². The van der Waals surface area contributed by atoms with Crippen molar-refractivity contribution in [2.24, 2.45) is 0 Å². The summed E-state index contributed by atoms with van der Waals surface area (Å²) in [6.07, 6.45) is 1.80. The van der Waals surface area contributed by atoms with Gasteiger partial charge in [-0.3, -0.25) is 0 Å². The first kappa shape index (κ1) is 7.28. The van der Waals surface area contributed by atoms with Crippen LogP contribution in [0, 0.1) is 6.92 Å². The van der Waals surface area contributed by atoms with E-state index in [2.05, 4.69) is 21.5 Å². The van der Waals surface area contributed by atoms with Crippen LogP contribution in [0.2, 0.25) is 0 Å². The van der Waals surface area contributed by atoms with E-state index in [9.17, 15) is 0 Å². The number of aryl methyl sites for hydroxylation is 2. The zero-order chi connectivity index (χ0) is 8.55. The Balaban J connectivity index is 2.81. The lowest BCUT2D eigenvalue weighted by molar-refractivity contribution is 0.746. The molecule has 2 heterocycles. The molecule has 3 nitrogen and oxygen atoms in total. The summed E-state index contributed by atoms with van der Waals surface area (Å²) in [4.78, 5) is 8.66. The van der Waals surface area contributed by atoms with Crippen LogP contribution in [0.5, 0.6) is 0 Å². The molecule has 0 unspecified atom stereocenters. The number of hydrogen-bond acceptors (Lipinski definition) is 2. The van der Waals surface area contributed by atoms with Gasteiger partial charge >= 0.3 is 0 Å². The van der Waals surface area contributed by atoms with Gasteiger partial charge in [0, 0.05) is 12.7 Å². The van der Waals surface area contributed by atoms with Gasteiger partial charge < -0.3 is 4.57 Å². The number of imidazole rings is 1. The summed E-state index contributed by atoms with van der Waals surface area (Å²) in [5.41, 5.74) is 1.97. The third kappa shape index (κ3) is 0.897. The number of fused-ring (bicyclic) bond motifs is 1. The molecule has 3 heteroatoms. The second kappa shape index (κ2) is 2.59. The highest BCUT2D eigenvalue weighted by Crippen LogP contribution is 2.11. The molecule has 0 atom stereocenters. The molecule has 0 radical (unpaired) electrons. The molecule has 0 aromatic carbocycles. The lowest BCUT2D eigenvalue weighted by atomic mass is 10.4. The van der Waals surface area contributed by atoms with Gasteiger partial charge in [0.2, 0.25) is 0 Å². The minimum Gasteiger partial charge on any atom is -0.313 e. The SMILES string of the molecule is CCn1c(C)nc2cccnc21. The van der Waals surface area contributed by atoms with E-state index in [1.807, 2.05) is 19.1 Å². The third-order valence-electron chi connectivity index (χ3n) is 2.01. The van der Waals surface area contributed by atoms with Crippen molar-refractivity contribution in [3.8, 4) is 0 Å². The van der Waals surface area contributed by atoms with Crippen LogP contribution in [0.4, 0.5) is 0 Å². The van der Waals surface area contributed by atoms with Gasteiger partial charge in [-0.05, 0) is 26.0 Å². The number of hydrogen-bond donors (Lipinski definition) is 0. The fourth-order valence-electron chi connectivity index (χ4n) is 1.45. The maximum Gasteiger partial charge on any atom is 0.159 e.